The van der Waals surface area contributed by atoms with Gasteiger partial charge in [0, 0.05) is 16.2 Å². The molecular weight excluding hydrogens is 275 g/mol. The van der Waals surface area contributed by atoms with Crippen LogP contribution >= 0.6 is 11.8 Å². The van der Waals surface area contributed by atoms with E-state index < -0.39 is 5.54 Å². The molecule has 0 spiro atoms. The summed E-state index contributed by atoms with van der Waals surface area (Å²) in [4.78, 5) is 12.3. The second-order valence-corrected chi connectivity index (χ2v) is 7.16. The van der Waals surface area contributed by atoms with Gasteiger partial charge in [0.25, 0.3) is 0 Å². The fraction of sp³-hybridized carbons (Fsp3) is 0.533. The lowest BCUT2D eigenvalue weighted by molar-refractivity contribution is -0.124. The van der Waals surface area contributed by atoms with Crippen LogP contribution in [-0.2, 0) is 4.79 Å². The van der Waals surface area contributed by atoms with Gasteiger partial charge in [-0.1, -0.05) is 19.1 Å². The SMILES string of the molecule is CC(CC(C)(NC1CC1)C(N)=O)Sc1ccccc1F. The minimum atomic E-state index is -0.723. The Kier molecular flexibility index (Phi) is 4.70. The van der Waals surface area contributed by atoms with Gasteiger partial charge in [-0.25, -0.2) is 4.39 Å². The fourth-order valence-corrected chi connectivity index (χ4v) is 3.47. The predicted octanol–water partition coefficient (Wildman–Crippen LogP) is 2.69. The molecule has 1 aromatic carbocycles. The molecule has 1 amide bonds. The van der Waals surface area contributed by atoms with E-state index in [1.807, 2.05) is 19.9 Å². The lowest BCUT2D eigenvalue weighted by Gasteiger charge is -2.30. The van der Waals surface area contributed by atoms with Gasteiger partial charge in [-0.15, -0.1) is 11.8 Å². The van der Waals surface area contributed by atoms with Crippen LogP contribution in [0.4, 0.5) is 4.39 Å². The van der Waals surface area contributed by atoms with Gasteiger partial charge < -0.3 is 11.1 Å². The Balaban J connectivity index is 1.99. The normalized spacial score (nSPS) is 19.4. The molecule has 0 heterocycles. The molecule has 1 saturated carbocycles. The number of thioether (sulfide) groups is 1. The lowest BCUT2D eigenvalue weighted by atomic mass is 9.95. The highest BCUT2D eigenvalue weighted by Crippen LogP contribution is 2.32. The van der Waals surface area contributed by atoms with Crippen LogP contribution in [-0.4, -0.2) is 22.7 Å². The predicted molar refractivity (Wildman–Crippen MR) is 80.1 cm³/mol. The van der Waals surface area contributed by atoms with Crippen LogP contribution < -0.4 is 11.1 Å². The number of primary amides is 1. The van der Waals surface area contributed by atoms with E-state index in [4.69, 9.17) is 5.73 Å². The summed E-state index contributed by atoms with van der Waals surface area (Å²) in [6.07, 6.45) is 2.77. The molecule has 3 N–H and O–H groups in total. The van der Waals surface area contributed by atoms with Gasteiger partial charge in [0.05, 0.1) is 5.54 Å². The smallest absolute Gasteiger partial charge is 0.237 e. The summed E-state index contributed by atoms with van der Waals surface area (Å²) in [5, 5.41) is 3.41. The van der Waals surface area contributed by atoms with E-state index in [-0.39, 0.29) is 17.0 Å². The van der Waals surface area contributed by atoms with E-state index in [1.54, 1.807) is 12.1 Å². The van der Waals surface area contributed by atoms with Crippen LogP contribution in [0.5, 0.6) is 0 Å². The average molecular weight is 296 g/mol. The molecule has 1 aliphatic rings. The molecule has 0 bridgehead atoms. The van der Waals surface area contributed by atoms with Crippen molar-refractivity contribution >= 4 is 17.7 Å². The molecule has 1 aromatic rings. The maximum absolute atomic E-state index is 13.6. The molecule has 0 aliphatic heterocycles. The first-order valence-corrected chi connectivity index (χ1v) is 7.77. The first kappa shape index (κ1) is 15.3. The Hall–Kier alpha value is -1.07. The van der Waals surface area contributed by atoms with Crippen molar-refractivity contribution in [1.82, 2.24) is 5.32 Å². The van der Waals surface area contributed by atoms with E-state index in [9.17, 15) is 9.18 Å². The maximum Gasteiger partial charge on any atom is 0.237 e. The molecule has 5 heteroatoms. The molecule has 3 nitrogen and oxygen atoms in total. The lowest BCUT2D eigenvalue weighted by Crippen LogP contribution is -2.55. The summed E-state index contributed by atoms with van der Waals surface area (Å²) in [5.74, 6) is -0.564. The van der Waals surface area contributed by atoms with Crippen LogP contribution in [0, 0.1) is 5.82 Å². The van der Waals surface area contributed by atoms with Gasteiger partial charge in [0.15, 0.2) is 0 Å². The number of carbonyl (C=O) groups excluding carboxylic acids is 1. The minimum Gasteiger partial charge on any atom is -0.368 e. The monoisotopic (exact) mass is 296 g/mol. The summed E-state index contributed by atoms with van der Waals surface area (Å²) < 4.78 is 13.6. The van der Waals surface area contributed by atoms with Crippen LogP contribution in [0.15, 0.2) is 29.2 Å². The number of carbonyl (C=O) groups is 1. The number of nitrogens with two attached hydrogens (primary N) is 1. The molecule has 2 atom stereocenters. The number of benzene rings is 1. The molecule has 20 heavy (non-hydrogen) atoms. The third kappa shape index (κ3) is 3.96. The molecule has 2 unspecified atom stereocenters. The van der Waals surface area contributed by atoms with E-state index in [0.717, 1.165) is 12.8 Å². The highest BCUT2D eigenvalue weighted by Gasteiger charge is 2.38. The zero-order valence-electron chi connectivity index (χ0n) is 11.9. The highest BCUT2D eigenvalue weighted by atomic mass is 32.2. The molecule has 0 saturated heterocycles. The average Bonchev–Trinajstić information content (AvgIpc) is 3.15. The van der Waals surface area contributed by atoms with Crippen LogP contribution in [0.2, 0.25) is 0 Å². The van der Waals surface area contributed by atoms with Crippen molar-refractivity contribution in [3.8, 4) is 0 Å². The first-order chi connectivity index (χ1) is 9.40. The summed E-state index contributed by atoms with van der Waals surface area (Å²) in [6.45, 7) is 3.83. The standard InChI is InChI=1S/C15H21FN2OS/c1-10(20-13-6-4-3-5-12(13)16)9-15(2,14(17)19)18-11-7-8-11/h3-6,10-11,18H,7-9H2,1-2H3,(H2,17,19). The van der Waals surface area contributed by atoms with Crippen molar-refractivity contribution in [2.24, 2.45) is 5.73 Å². The number of rotatable bonds is 7. The van der Waals surface area contributed by atoms with Gasteiger partial charge in [-0.05, 0) is 38.3 Å². The summed E-state index contributed by atoms with van der Waals surface area (Å²) in [5.41, 5.74) is 4.81. The van der Waals surface area contributed by atoms with Crippen LogP contribution in [0.25, 0.3) is 0 Å². The first-order valence-electron chi connectivity index (χ1n) is 6.89. The van der Waals surface area contributed by atoms with Gasteiger partial charge in [-0.3, -0.25) is 4.79 Å². The highest BCUT2D eigenvalue weighted by molar-refractivity contribution is 8.00. The van der Waals surface area contributed by atoms with Gasteiger partial charge >= 0.3 is 0 Å². The molecule has 0 radical (unpaired) electrons. The number of hydrogen-bond acceptors (Lipinski definition) is 3. The third-order valence-corrected chi connectivity index (χ3v) is 4.66. The Morgan fingerprint density at radius 3 is 2.75 bits per heavy atom. The molecule has 0 aromatic heterocycles. The van der Waals surface area contributed by atoms with Crippen molar-refractivity contribution < 1.29 is 9.18 Å². The van der Waals surface area contributed by atoms with Crippen molar-refractivity contribution in [3.05, 3.63) is 30.1 Å². The van der Waals surface area contributed by atoms with Gasteiger partial charge in [-0.2, -0.15) is 0 Å². The van der Waals surface area contributed by atoms with Crippen molar-refractivity contribution in [3.63, 3.8) is 0 Å². The topological polar surface area (TPSA) is 55.1 Å². The molecular formula is C15H21FN2OS. The molecule has 2 rings (SSSR count). The number of hydrogen-bond donors (Lipinski definition) is 2. The van der Waals surface area contributed by atoms with E-state index >= 15 is 0 Å². The molecule has 1 fully saturated rings. The number of nitrogens with one attached hydrogen (secondary N) is 1. The maximum atomic E-state index is 13.6. The zero-order chi connectivity index (χ0) is 14.8. The number of amides is 1. The molecule has 110 valence electrons. The third-order valence-electron chi connectivity index (χ3n) is 3.50. The number of halogens is 1. The Bertz CT molecular complexity index is 493. The van der Waals surface area contributed by atoms with Crippen LogP contribution in [0.1, 0.15) is 33.1 Å². The van der Waals surface area contributed by atoms with Crippen LogP contribution in [0.3, 0.4) is 0 Å². The van der Waals surface area contributed by atoms with E-state index in [0.29, 0.717) is 17.4 Å². The summed E-state index contributed by atoms with van der Waals surface area (Å²) in [7, 11) is 0. The Morgan fingerprint density at radius 1 is 1.55 bits per heavy atom. The second-order valence-electron chi connectivity index (χ2n) is 5.68. The quantitative estimate of drug-likeness (QED) is 0.761. The molecule has 1 aliphatic carbocycles. The van der Waals surface area contributed by atoms with E-state index in [2.05, 4.69) is 5.32 Å². The van der Waals surface area contributed by atoms with Crippen molar-refractivity contribution in [2.45, 2.75) is 54.8 Å². The second kappa shape index (κ2) is 6.14. The van der Waals surface area contributed by atoms with Gasteiger partial charge in [0.2, 0.25) is 5.91 Å². The zero-order valence-corrected chi connectivity index (χ0v) is 12.7. The minimum absolute atomic E-state index is 0.0932. The van der Waals surface area contributed by atoms with Crippen molar-refractivity contribution in [1.29, 1.82) is 0 Å². The Labute approximate surface area is 123 Å². The fourth-order valence-electron chi connectivity index (χ4n) is 2.28. The summed E-state index contributed by atoms with van der Waals surface area (Å²) in [6, 6.07) is 7.09. The van der Waals surface area contributed by atoms with E-state index in [1.165, 1.54) is 17.8 Å². The van der Waals surface area contributed by atoms with Crippen molar-refractivity contribution in [2.75, 3.05) is 0 Å². The largest absolute Gasteiger partial charge is 0.368 e. The Morgan fingerprint density at radius 2 is 2.20 bits per heavy atom. The summed E-state index contributed by atoms with van der Waals surface area (Å²) >= 11 is 1.44. The van der Waals surface area contributed by atoms with Gasteiger partial charge in [0.1, 0.15) is 5.82 Å².